The van der Waals surface area contributed by atoms with Gasteiger partial charge in [-0.05, 0) is 30.7 Å². The largest absolute Gasteiger partial charge is 0.396 e. The molecule has 0 aliphatic carbocycles. The van der Waals surface area contributed by atoms with E-state index >= 15 is 0 Å². The van der Waals surface area contributed by atoms with Gasteiger partial charge < -0.3 is 15.7 Å². The van der Waals surface area contributed by atoms with Crippen LogP contribution in [0.5, 0.6) is 0 Å². The highest BCUT2D eigenvalue weighted by atomic mass is 35.5. The molecule has 0 aliphatic heterocycles. The molecular formula is C18H17Cl2N5O. The zero-order chi connectivity index (χ0) is 18.4. The molecule has 0 fully saturated rings. The highest BCUT2D eigenvalue weighted by Gasteiger charge is 2.10. The van der Waals surface area contributed by atoms with Gasteiger partial charge in [0.15, 0.2) is 0 Å². The monoisotopic (exact) mass is 389 g/mol. The summed E-state index contributed by atoms with van der Waals surface area (Å²) in [5, 5.41) is 16.2. The summed E-state index contributed by atoms with van der Waals surface area (Å²) in [5.74, 6) is 0.569. The summed E-state index contributed by atoms with van der Waals surface area (Å²) in [6.07, 6.45) is 5.54. The normalized spacial score (nSPS) is 10.6. The molecule has 26 heavy (non-hydrogen) atoms. The number of aliphatic hydroxyl groups excluding tert-OH is 1. The van der Waals surface area contributed by atoms with Crippen molar-refractivity contribution in [3.8, 4) is 11.3 Å². The second kappa shape index (κ2) is 8.80. The predicted molar refractivity (Wildman–Crippen MR) is 105 cm³/mol. The minimum atomic E-state index is 0.129. The molecule has 0 atom stereocenters. The van der Waals surface area contributed by atoms with Gasteiger partial charge >= 0.3 is 0 Å². The van der Waals surface area contributed by atoms with Gasteiger partial charge in [0.05, 0.1) is 30.0 Å². The van der Waals surface area contributed by atoms with Crippen molar-refractivity contribution >= 4 is 40.4 Å². The second-order valence-corrected chi connectivity index (χ2v) is 6.29. The molecule has 3 N–H and O–H groups in total. The van der Waals surface area contributed by atoms with Gasteiger partial charge in [-0.15, -0.1) is 0 Å². The van der Waals surface area contributed by atoms with Crippen LogP contribution in [-0.4, -0.2) is 33.2 Å². The van der Waals surface area contributed by atoms with Gasteiger partial charge in [0.1, 0.15) is 11.0 Å². The number of hydrogen-bond acceptors (Lipinski definition) is 6. The summed E-state index contributed by atoms with van der Waals surface area (Å²) in [7, 11) is 0. The summed E-state index contributed by atoms with van der Waals surface area (Å²) >= 11 is 12.2. The minimum Gasteiger partial charge on any atom is -0.396 e. The maximum absolute atomic E-state index is 8.88. The number of aliphatic hydroxyl groups is 1. The van der Waals surface area contributed by atoms with Crippen molar-refractivity contribution in [2.45, 2.75) is 6.42 Å². The Labute approximate surface area is 161 Å². The average Bonchev–Trinajstić information content (AvgIpc) is 2.63. The summed E-state index contributed by atoms with van der Waals surface area (Å²) in [6.45, 7) is 0.769. The lowest BCUT2D eigenvalue weighted by molar-refractivity contribution is 0.292. The number of rotatable bonds is 7. The molecule has 134 valence electrons. The topological polar surface area (TPSA) is 83.0 Å². The van der Waals surface area contributed by atoms with Crippen LogP contribution in [-0.2, 0) is 0 Å². The lowest BCUT2D eigenvalue weighted by Gasteiger charge is -2.10. The Morgan fingerprint density at radius 1 is 1.04 bits per heavy atom. The van der Waals surface area contributed by atoms with E-state index in [1.54, 1.807) is 30.7 Å². The Bertz CT molecular complexity index is 891. The first-order valence-electron chi connectivity index (χ1n) is 8.01. The van der Waals surface area contributed by atoms with Crippen LogP contribution < -0.4 is 10.6 Å². The van der Waals surface area contributed by atoms with Crippen molar-refractivity contribution in [2.75, 3.05) is 23.8 Å². The van der Waals surface area contributed by atoms with E-state index in [1.165, 1.54) is 0 Å². The van der Waals surface area contributed by atoms with E-state index < -0.39 is 0 Å². The summed E-state index contributed by atoms with van der Waals surface area (Å²) in [4.78, 5) is 13.0. The smallest absolute Gasteiger partial charge is 0.149 e. The molecule has 0 unspecified atom stereocenters. The number of aromatic nitrogens is 3. The minimum absolute atomic E-state index is 0.129. The number of nitrogens with zero attached hydrogens (tertiary/aromatic N) is 3. The second-order valence-electron chi connectivity index (χ2n) is 5.49. The first kappa shape index (κ1) is 18.4. The van der Waals surface area contributed by atoms with Crippen LogP contribution in [0.25, 0.3) is 11.3 Å². The fourth-order valence-electron chi connectivity index (χ4n) is 2.31. The Kier molecular flexibility index (Phi) is 6.22. The predicted octanol–water partition coefficient (Wildman–Crippen LogP) is 4.38. The van der Waals surface area contributed by atoms with Gasteiger partial charge in [0.2, 0.25) is 0 Å². The number of pyridine rings is 1. The molecule has 0 aliphatic rings. The first-order valence-corrected chi connectivity index (χ1v) is 8.76. The third kappa shape index (κ3) is 4.82. The lowest BCUT2D eigenvalue weighted by Crippen LogP contribution is -2.04. The molecule has 8 heteroatoms. The van der Waals surface area contributed by atoms with Gasteiger partial charge in [-0.3, -0.25) is 4.98 Å². The Morgan fingerprint density at radius 2 is 1.92 bits per heavy atom. The molecule has 3 rings (SSSR count). The van der Waals surface area contributed by atoms with E-state index in [-0.39, 0.29) is 6.61 Å². The van der Waals surface area contributed by atoms with Crippen LogP contribution in [0.2, 0.25) is 10.2 Å². The number of benzene rings is 1. The number of nitrogens with one attached hydrogen (secondary N) is 2. The Morgan fingerprint density at radius 3 is 2.73 bits per heavy atom. The number of anilines is 3. The van der Waals surface area contributed by atoms with E-state index in [9.17, 15) is 0 Å². The Hall–Kier alpha value is -2.41. The van der Waals surface area contributed by atoms with Crippen LogP contribution in [0.4, 0.5) is 17.2 Å². The first-order chi connectivity index (χ1) is 12.7. The molecule has 0 amide bonds. The maximum atomic E-state index is 8.88. The van der Waals surface area contributed by atoms with Gasteiger partial charge in [-0.2, -0.15) is 0 Å². The molecule has 6 nitrogen and oxygen atoms in total. The zero-order valence-corrected chi connectivity index (χ0v) is 15.3. The van der Waals surface area contributed by atoms with E-state index in [2.05, 4.69) is 25.6 Å². The van der Waals surface area contributed by atoms with Crippen LogP contribution in [0.1, 0.15) is 6.42 Å². The van der Waals surface area contributed by atoms with E-state index in [0.29, 0.717) is 40.2 Å². The molecule has 1 aromatic carbocycles. The Balaban J connectivity index is 1.84. The highest BCUT2D eigenvalue weighted by molar-refractivity contribution is 6.32. The molecule has 0 bridgehead atoms. The SMILES string of the molecule is OCCCNc1cnc(Cl)c(-c2cncc(Nc3cccc(Cl)c3)n2)c1. The average molecular weight is 390 g/mol. The molecule has 0 saturated heterocycles. The van der Waals surface area contributed by atoms with Crippen molar-refractivity contribution in [1.29, 1.82) is 0 Å². The summed E-state index contributed by atoms with van der Waals surface area (Å²) < 4.78 is 0. The quantitative estimate of drug-likeness (QED) is 0.410. The summed E-state index contributed by atoms with van der Waals surface area (Å²) in [6, 6.07) is 9.20. The van der Waals surface area contributed by atoms with Gasteiger partial charge in [0, 0.05) is 29.4 Å². The number of hydrogen-bond donors (Lipinski definition) is 3. The van der Waals surface area contributed by atoms with Crippen LogP contribution in [0, 0.1) is 0 Å². The van der Waals surface area contributed by atoms with Crippen molar-refractivity contribution in [3.63, 3.8) is 0 Å². The molecule has 2 aromatic heterocycles. The fraction of sp³-hybridized carbons (Fsp3) is 0.167. The van der Waals surface area contributed by atoms with Gasteiger partial charge in [0.25, 0.3) is 0 Å². The lowest BCUT2D eigenvalue weighted by atomic mass is 10.2. The van der Waals surface area contributed by atoms with E-state index in [0.717, 1.165) is 11.4 Å². The van der Waals surface area contributed by atoms with E-state index in [1.807, 2.05) is 18.2 Å². The highest BCUT2D eigenvalue weighted by Crippen LogP contribution is 2.28. The third-order valence-electron chi connectivity index (χ3n) is 3.51. The molecule has 0 radical (unpaired) electrons. The van der Waals surface area contributed by atoms with Gasteiger partial charge in [-0.1, -0.05) is 29.3 Å². The molecule has 3 aromatic rings. The van der Waals surface area contributed by atoms with Crippen LogP contribution in [0.15, 0.2) is 48.9 Å². The van der Waals surface area contributed by atoms with Crippen molar-refractivity contribution in [2.24, 2.45) is 0 Å². The molecule has 2 heterocycles. The molecular weight excluding hydrogens is 373 g/mol. The van der Waals surface area contributed by atoms with Crippen molar-refractivity contribution < 1.29 is 5.11 Å². The van der Waals surface area contributed by atoms with Crippen molar-refractivity contribution in [3.05, 3.63) is 59.1 Å². The van der Waals surface area contributed by atoms with Crippen molar-refractivity contribution in [1.82, 2.24) is 15.0 Å². The molecule has 0 spiro atoms. The van der Waals surface area contributed by atoms with Crippen LogP contribution >= 0.6 is 23.2 Å². The number of halogens is 2. The third-order valence-corrected chi connectivity index (χ3v) is 4.05. The summed E-state index contributed by atoms with van der Waals surface area (Å²) in [5.41, 5.74) is 2.88. The molecule has 0 saturated carbocycles. The zero-order valence-electron chi connectivity index (χ0n) is 13.8. The van der Waals surface area contributed by atoms with Crippen LogP contribution in [0.3, 0.4) is 0 Å². The maximum Gasteiger partial charge on any atom is 0.149 e. The standard InChI is InChI=1S/C18H17Cl2N5O/c19-12-3-1-4-13(7-12)24-17-11-21-10-16(25-17)15-8-14(9-23-18(15)20)22-5-2-6-26/h1,3-4,7-11,22,26H,2,5-6H2,(H,24,25). The fourth-order valence-corrected chi connectivity index (χ4v) is 2.70. The van der Waals surface area contributed by atoms with Gasteiger partial charge in [-0.25, -0.2) is 9.97 Å². The van der Waals surface area contributed by atoms with E-state index in [4.69, 9.17) is 28.3 Å².